The number of carbonyl (C=O) groups excluding carboxylic acids is 2. The summed E-state index contributed by atoms with van der Waals surface area (Å²) in [5.74, 6) is 0.411. The number of carbonyl (C=O) groups is 2. The highest BCUT2D eigenvalue weighted by Crippen LogP contribution is 2.26. The fourth-order valence-corrected chi connectivity index (χ4v) is 3.06. The Balaban J connectivity index is 1.70. The van der Waals surface area contributed by atoms with E-state index in [1.165, 1.54) is 4.90 Å². The number of hydrogen-bond acceptors (Lipinski definition) is 4. The number of nitrogens with zero attached hydrogens (tertiary/aromatic N) is 2. The average molecular weight is 378 g/mol. The lowest BCUT2D eigenvalue weighted by molar-refractivity contribution is -0.122. The molecule has 0 radical (unpaired) electrons. The van der Waals surface area contributed by atoms with Crippen LogP contribution in [-0.2, 0) is 9.59 Å². The van der Waals surface area contributed by atoms with Crippen LogP contribution in [0.1, 0.15) is 17.7 Å². The van der Waals surface area contributed by atoms with Gasteiger partial charge in [0.15, 0.2) is 5.82 Å². The van der Waals surface area contributed by atoms with Gasteiger partial charge in [-0.1, -0.05) is 21.1 Å². The first-order chi connectivity index (χ1) is 10.9. The van der Waals surface area contributed by atoms with E-state index >= 15 is 0 Å². The maximum atomic E-state index is 12.4. The molecule has 1 aromatic carbocycles. The van der Waals surface area contributed by atoms with E-state index in [0.29, 0.717) is 18.1 Å². The van der Waals surface area contributed by atoms with Crippen LogP contribution in [0.4, 0.5) is 11.5 Å². The quantitative estimate of drug-likeness (QED) is 0.891. The molecule has 2 aromatic rings. The Morgan fingerprint density at radius 1 is 1.39 bits per heavy atom. The highest BCUT2D eigenvalue weighted by molar-refractivity contribution is 9.10. The first-order valence-corrected chi connectivity index (χ1v) is 8.04. The summed E-state index contributed by atoms with van der Waals surface area (Å²) in [6.45, 7) is 3.99. The Hall–Kier alpha value is -2.15. The molecule has 1 aliphatic rings. The van der Waals surface area contributed by atoms with Crippen LogP contribution in [0.2, 0.25) is 0 Å². The van der Waals surface area contributed by atoms with Crippen LogP contribution in [0.15, 0.2) is 33.3 Å². The number of hydrogen-bond donors (Lipinski definition) is 1. The van der Waals surface area contributed by atoms with E-state index in [1.807, 2.05) is 25.1 Å². The topological polar surface area (TPSA) is 75.4 Å². The van der Waals surface area contributed by atoms with Crippen molar-refractivity contribution < 1.29 is 14.1 Å². The van der Waals surface area contributed by atoms with Crippen LogP contribution < -0.4 is 10.2 Å². The third-order valence-corrected chi connectivity index (χ3v) is 4.33. The monoisotopic (exact) mass is 377 g/mol. The van der Waals surface area contributed by atoms with E-state index in [4.69, 9.17) is 4.52 Å². The second kappa shape index (κ2) is 6.16. The fourth-order valence-electron chi connectivity index (χ4n) is 2.59. The lowest BCUT2D eigenvalue weighted by Gasteiger charge is -2.14. The van der Waals surface area contributed by atoms with Crippen molar-refractivity contribution in [3.8, 4) is 0 Å². The SMILES string of the molecule is Cc1cc(N2CC(C(=O)Nc3ccc(Br)cc3C)CC2=O)no1. The molecule has 0 aliphatic carbocycles. The van der Waals surface area contributed by atoms with Crippen molar-refractivity contribution in [3.63, 3.8) is 0 Å². The molecule has 0 spiro atoms. The first-order valence-electron chi connectivity index (χ1n) is 7.25. The highest BCUT2D eigenvalue weighted by Gasteiger charge is 2.36. The van der Waals surface area contributed by atoms with E-state index < -0.39 is 5.92 Å². The van der Waals surface area contributed by atoms with E-state index in [9.17, 15) is 9.59 Å². The summed E-state index contributed by atoms with van der Waals surface area (Å²) < 4.78 is 5.95. The smallest absolute Gasteiger partial charge is 0.229 e. The minimum absolute atomic E-state index is 0.119. The molecule has 2 amide bonds. The van der Waals surface area contributed by atoms with Crippen LogP contribution in [0.3, 0.4) is 0 Å². The van der Waals surface area contributed by atoms with Gasteiger partial charge in [0, 0.05) is 29.2 Å². The van der Waals surface area contributed by atoms with E-state index in [-0.39, 0.29) is 18.2 Å². The molecule has 1 saturated heterocycles. The molecule has 6 nitrogen and oxygen atoms in total. The molecule has 0 bridgehead atoms. The third kappa shape index (κ3) is 3.29. The van der Waals surface area contributed by atoms with Crippen LogP contribution in [0.25, 0.3) is 0 Å². The Morgan fingerprint density at radius 2 is 2.17 bits per heavy atom. The molecule has 120 valence electrons. The van der Waals surface area contributed by atoms with E-state index in [0.717, 1.165) is 15.7 Å². The number of aromatic nitrogens is 1. The number of aryl methyl sites for hydroxylation is 2. The normalized spacial score (nSPS) is 17.6. The van der Waals surface area contributed by atoms with Gasteiger partial charge >= 0.3 is 0 Å². The Morgan fingerprint density at radius 3 is 2.83 bits per heavy atom. The summed E-state index contributed by atoms with van der Waals surface area (Å²) >= 11 is 3.39. The van der Waals surface area contributed by atoms with Crippen molar-refractivity contribution in [1.82, 2.24) is 5.16 Å². The molecule has 1 unspecified atom stereocenters. The highest BCUT2D eigenvalue weighted by atomic mass is 79.9. The van der Waals surface area contributed by atoms with Crippen molar-refractivity contribution in [1.29, 1.82) is 0 Å². The van der Waals surface area contributed by atoms with Crippen molar-refractivity contribution in [2.75, 3.05) is 16.8 Å². The molecule has 1 fully saturated rings. The first kappa shape index (κ1) is 15.7. The largest absolute Gasteiger partial charge is 0.360 e. The fraction of sp³-hybridized carbons (Fsp3) is 0.312. The second-order valence-electron chi connectivity index (χ2n) is 5.65. The van der Waals surface area contributed by atoms with Gasteiger partial charge in [0.05, 0.1) is 5.92 Å². The molecular weight excluding hydrogens is 362 g/mol. The minimum Gasteiger partial charge on any atom is -0.360 e. The molecule has 23 heavy (non-hydrogen) atoms. The molecule has 3 rings (SSSR count). The lowest BCUT2D eigenvalue weighted by Crippen LogP contribution is -2.28. The Kier molecular flexibility index (Phi) is 4.21. The van der Waals surface area contributed by atoms with Crippen LogP contribution in [-0.4, -0.2) is 23.5 Å². The standard InChI is InChI=1S/C16H16BrN3O3/c1-9-5-12(17)3-4-13(9)18-16(22)11-7-15(21)20(8-11)14-6-10(2)23-19-14/h3-6,11H,7-8H2,1-2H3,(H,18,22). The zero-order valence-electron chi connectivity index (χ0n) is 12.8. The predicted octanol–water partition coefficient (Wildman–Crippen LogP) is 3.05. The summed E-state index contributed by atoms with van der Waals surface area (Å²) in [5.41, 5.74) is 1.71. The van der Waals surface area contributed by atoms with Crippen molar-refractivity contribution in [2.24, 2.45) is 5.92 Å². The van der Waals surface area contributed by atoms with Crippen LogP contribution >= 0.6 is 15.9 Å². The molecule has 1 aromatic heterocycles. The van der Waals surface area contributed by atoms with Gasteiger partial charge < -0.3 is 9.84 Å². The average Bonchev–Trinajstić information content (AvgIpc) is 3.08. The van der Waals surface area contributed by atoms with Gasteiger partial charge in [-0.25, -0.2) is 0 Å². The van der Waals surface area contributed by atoms with E-state index in [1.54, 1.807) is 13.0 Å². The van der Waals surface area contributed by atoms with Crippen LogP contribution in [0, 0.1) is 19.8 Å². The number of rotatable bonds is 3. The molecular formula is C16H16BrN3O3. The van der Waals surface area contributed by atoms with Gasteiger partial charge in [-0.15, -0.1) is 0 Å². The van der Waals surface area contributed by atoms with Crippen molar-refractivity contribution >= 4 is 39.2 Å². The molecule has 1 aliphatic heterocycles. The van der Waals surface area contributed by atoms with Gasteiger partial charge in [0.25, 0.3) is 0 Å². The van der Waals surface area contributed by atoms with Crippen molar-refractivity contribution in [2.45, 2.75) is 20.3 Å². The molecule has 7 heteroatoms. The van der Waals surface area contributed by atoms with Gasteiger partial charge in [0.1, 0.15) is 5.76 Å². The lowest BCUT2D eigenvalue weighted by atomic mass is 10.1. The second-order valence-corrected chi connectivity index (χ2v) is 6.57. The number of amides is 2. The van der Waals surface area contributed by atoms with E-state index in [2.05, 4.69) is 26.4 Å². The van der Waals surface area contributed by atoms with Gasteiger partial charge in [-0.05, 0) is 37.6 Å². The summed E-state index contributed by atoms with van der Waals surface area (Å²) in [4.78, 5) is 26.1. The maximum Gasteiger partial charge on any atom is 0.229 e. The van der Waals surface area contributed by atoms with Gasteiger partial charge in [0.2, 0.25) is 11.8 Å². The number of anilines is 2. The summed E-state index contributed by atoms with van der Waals surface area (Å²) in [7, 11) is 0. The van der Waals surface area contributed by atoms with Crippen molar-refractivity contribution in [3.05, 3.63) is 40.1 Å². The number of benzene rings is 1. The minimum atomic E-state index is -0.400. The van der Waals surface area contributed by atoms with Gasteiger partial charge in [-0.2, -0.15) is 0 Å². The number of halogens is 1. The molecule has 1 N–H and O–H groups in total. The Labute approximate surface area is 142 Å². The summed E-state index contributed by atoms with van der Waals surface area (Å²) in [5, 5.41) is 6.74. The van der Waals surface area contributed by atoms with Crippen LogP contribution in [0.5, 0.6) is 0 Å². The third-order valence-electron chi connectivity index (χ3n) is 3.83. The maximum absolute atomic E-state index is 12.4. The molecule has 0 saturated carbocycles. The number of nitrogens with one attached hydrogen (secondary N) is 1. The summed E-state index contributed by atoms with van der Waals surface area (Å²) in [6, 6.07) is 7.33. The Bertz CT molecular complexity index is 772. The zero-order chi connectivity index (χ0) is 16.6. The van der Waals surface area contributed by atoms with Gasteiger partial charge in [-0.3, -0.25) is 14.5 Å². The molecule has 1 atom stereocenters. The molecule has 2 heterocycles. The zero-order valence-corrected chi connectivity index (χ0v) is 14.4. The summed E-state index contributed by atoms with van der Waals surface area (Å²) in [6.07, 6.45) is 0.174. The predicted molar refractivity (Wildman–Crippen MR) is 89.2 cm³/mol.